The smallest absolute Gasteiger partial charge is 0.250 e. The number of carbonyl (C=O) groups excluding carboxylic acids is 1. The summed E-state index contributed by atoms with van der Waals surface area (Å²) >= 11 is 0. The molecule has 2 aliphatic rings. The van der Waals surface area contributed by atoms with Crippen LogP contribution >= 0.6 is 0 Å². The van der Waals surface area contributed by atoms with Crippen LogP contribution in [0.4, 0.5) is 0 Å². The standard InChI is InChI=1S/C29H40N2O2/c1-2-3-4-5-12-24(22-33-28-17-10-13-23-11-6-9-16-27(23)28)29(32)30-25-18-20-31(21-19-25)26-14-7-8-15-26/h6,9-13,16-17,25-26H,2-5,7-8,14-15,18-22H2,1H3,(H,30,32)/b24-12+. The maximum absolute atomic E-state index is 13.2. The van der Waals surface area contributed by atoms with Crippen molar-refractivity contribution in [2.75, 3.05) is 19.7 Å². The van der Waals surface area contributed by atoms with E-state index in [9.17, 15) is 4.79 Å². The minimum Gasteiger partial charge on any atom is -0.488 e. The molecule has 1 saturated heterocycles. The zero-order chi connectivity index (χ0) is 22.9. The summed E-state index contributed by atoms with van der Waals surface area (Å²) in [6, 6.07) is 15.4. The van der Waals surface area contributed by atoms with Crippen molar-refractivity contribution in [1.82, 2.24) is 10.2 Å². The minimum atomic E-state index is 0.0473. The van der Waals surface area contributed by atoms with Gasteiger partial charge in [0.1, 0.15) is 12.4 Å². The molecule has 0 spiro atoms. The molecule has 1 N–H and O–H groups in total. The molecule has 2 aromatic rings. The van der Waals surface area contributed by atoms with Crippen molar-refractivity contribution in [3.05, 3.63) is 54.1 Å². The molecular formula is C29H40N2O2. The average molecular weight is 449 g/mol. The van der Waals surface area contributed by atoms with Crippen molar-refractivity contribution in [1.29, 1.82) is 0 Å². The monoisotopic (exact) mass is 448 g/mol. The second kappa shape index (κ2) is 12.2. The molecule has 0 atom stereocenters. The van der Waals surface area contributed by atoms with Crippen molar-refractivity contribution < 1.29 is 9.53 Å². The lowest BCUT2D eigenvalue weighted by molar-refractivity contribution is -0.118. The van der Waals surface area contributed by atoms with Gasteiger partial charge in [0.05, 0.1) is 5.57 Å². The van der Waals surface area contributed by atoms with Gasteiger partial charge in [-0.1, -0.05) is 75.1 Å². The van der Waals surface area contributed by atoms with Crippen LogP contribution in [0.2, 0.25) is 0 Å². The molecule has 1 heterocycles. The van der Waals surface area contributed by atoms with Gasteiger partial charge in [0.15, 0.2) is 0 Å². The van der Waals surface area contributed by atoms with E-state index < -0.39 is 0 Å². The highest BCUT2D eigenvalue weighted by Crippen LogP contribution is 2.27. The van der Waals surface area contributed by atoms with Gasteiger partial charge in [-0.15, -0.1) is 0 Å². The van der Waals surface area contributed by atoms with Crippen LogP contribution in [0.25, 0.3) is 10.8 Å². The number of unbranched alkanes of at least 4 members (excludes halogenated alkanes) is 3. The maximum Gasteiger partial charge on any atom is 0.250 e. The van der Waals surface area contributed by atoms with Crippen molar-refractivity contribution in [3.63, 3.8) is 0 Å². The molecule has 4 heteroatoms. The van der Waals surface area contributed by atoms with Crippen LogP contribution < -0.4 is 10.1 Å². The van der Waals surface area contributed by atoms with E-state index in [2.05, 4.69) is 41.4 Å². The zero-order valence-electron chi connectivity index (χ0n) is 20.2. The first-order chi connectivity index (χ1) is 16.2. The van der Waals surface area contributed by atoms with Gasteiger partial charge in [0, 0.05) is 30.6 Å². The van der Waals surface area contributed by atoms with Gasteiger partial charge in [0.2, 0.25) is 0 Å². The summed E-state index contributed by atoms with van der Waals surface area (Å²) in [5.74, 6) is 0.885. The number of hydrogen-bond acceptors (Lipinski definition) is 3. The fourth-order valence-corrected chi connectivity index (χ4v) is 5.32. The average Bonchev–Trinajstić information content (AvgIpc) is 3.39. The molecule has 1 aliphatic heterocycles. The van der Waals surface area contributed by atoms with E-state index >= 15 is 0 Å². The first-order valence-electron chi connectivity index (χ1n) is 13.1. The predicted octanol–water partition coefficient (Wildman–Crippen LogP) is 6.25. The Kier molecular flexibility index (Phi) is 8.82. The topological polar surface area (TPSA) is 41.6 Å². The number of piperidine rings is 1. The summed E-state index contributed by atoms with van der Waals surface area (Å²) in [6.07, 6.45) is 14.1. The molecule has 1 amide bonds. The van der Waals surface area contributed by atoms with E-state index in [-0.39, 0.29) is 11.9 Å². The van der Waals surface area contributed by atoms with Crippen molar-refractivity contribution in [3.8, 4) is 5.75 Å². The Hall–Kier alpha value is -2.33. The Morgan fingerprint density at radius 1 is 1.03 bits per heavy atom. The molecule has 2 aromatic carbocycles. The minimum absolute atomic E-state index is 0.0473. The second-order valence-electron chi connectivity index (χ2n) is 9.71. The number of carbonyl (C=O) groups is 1. The number of fused-ring (bicyclic) bond motifs is 1. The number of rotatable bonds is 10. The number of benzene rings is 2. The fourth-order valence-electron chi connectivity index (χ4n) is 5.32. The van der Waals surface area contributed by atoms with Crippen LogP contribution in [0.1, 0.15) is 71.1 Å². The molecule has 0 aromatic heterocycles. The van der Waals surface area contributed by atoms with Crippen LogP contribution in [0.15, 0.2) is 54.1 Å². The summed E-state index contributed by atoms with van der Waals surface area (Å²) in [4.78, 5) is 15.9. The van der Waals surface area contributed by atoms with E-state index in [1.807, 2.05) is 24.3 Å². The third-order valence-electron chi connectivity index (χ3n) is 7.33. The van der Waals surface area contributed by atoms with E-state index in [1.165, 1.54) is 38.5 Å². The maximum atomic E-state index is 13.2. The molecule has 1 saturated carbocycles. The van der Waals surface area contributed by atoms with E-state index in [0.717, 1.165) is 66.9 Å². The highest BCUT2D eigenvalue weighted by molar-refractivity contribution is 5.94. The number of nitrogens with zero attached hydrogens (tertiary/aromatic N) is 1. The van der Waals surface area contributed by atoms with Crippen LogP contribution in [-0.2, 0) is 4.79 Å². The zero-order valence-corrected chi connectivity index (χ0v) is 20.2. The Balaban J connectivity index is 1.36. The van der Waals surface area contributed by atoms with Crippen molar-refractivity contribution in [2.45, 2.75) is 83.2 Å². The lowest BCUT2D eigenvalue weighted by atomic mass is 10.0. The van der Waals surface area contributed by atoms with Gasteiger partial charge in [-0.25, -0.2) is 0 Å². The molecule has 0 radical (unpaired) electrons. The van der Waals surface area contributed by atoms with Crippen LogP contribution in [0.5, 0.6) is 5.75 Å². The lowest BCUT2D eigenvalue weighted by Crippen LogP contribution is -2.47. The van der Waals surface area contributed by atoms with Gasteiger partial charge in [-0.3, -0.25) is 4.79 Å². The molecule has 1 aliphatic carbocycles. The van der Waals surface area contributed by atoms with Crippen molar-refractivity contribution in [2.24, 2.45) is 0 Å². The van der Waals surface area contributed by atoms with Gasteiger partial charge < -0.3 is 15.0 Å². The molecule has 4 rings (SSSR count). The largest absolute Gasteiger partial charge is 0.488 e. The summed E-state index contributed by atoms with van der Waals surface area (Å²) in [5, 5.41) is 5.57. The first-order valence-corrected chi connectivity index (χ1v) is 13.1. The second-order valence-corrected chi connectivity index (χ2v) is 9.71. The molecular weight excluding hydrogens is 408 g/mol. The highest BCUT2D eigenvalue weighted by atomic mass is 16.5. The predicted molar refractivity (Wildman–Crippen MR) is 137 cm³/mol. The Morgan fingerprint density at radius 3 is 2.58 bits per heavy atom. The SMILES string of the molecule is CCCCC/C=C(\COc1cccc2ccccc12)C(=O)NC1CCN(C2CCCC2)CC1. The summed E-state index contributed by atoms with van der Waals surface area (Å²) in [7, 11) is 0. The Morgan fingerprint density at radius 2 is 1.79 bits per heavy atom. The third kappa shape index (κ3) is 6.60. The normalized spacial score (nSPS) is 18.6. The third-order valence-corrected chi connectivity index (χ3v) is 7.33. The van der Waals surface area contributed by atoms with Gasteiger partial charge in [-0.2, -0.15) is 0 Å². The van der Waals surface area contributed by atoms with E-state index in [1.54, 1.807) is 0 Å². The van der Waals surface area contributed by atoms with Crippen LogP contribution in [-0.4, -0.2) is 42.6 Å². The fraction of sp³-hybridized carbons (Fsp3) is 0.552. The molecule has 33 heavy (non-hydrogen) atoms. The molecule has 0 unspecified atom stereocenters. The molecule has 178 valence electrons. The summed E-state index contributed by atoms with van der Waals surface area (Å²) in [5.41, 5.74) is 0.761. The van der Waals surface area contributed by atoms with Gasteiger partial charge in [0.25, 0.3) is 5.91 Å². The number of amides is 1. The van der Waals surface area contributed by atoms with Crippen molar-refractivity contribution >= 4 is 16.7 Å². The van der Waals surface area contributed by atoms with Crippen LogP contribution in [0.3, 0.4) is 0 Å². The highest BCUT2D eigenvalue weighted by Gasteiger charge is 2.28. The summed E-state index contributed by atoms with van der Waals surface area (Å²) < 4.78 is 6.20. The molecule has 2 fully saturated rings. The van der Waals surface area contributed by atoms with E-state index in [0.29, 0.717) is 6.61 Å². The first kappa shape index (κ1) is 23.8. The van der Waals surface area contributed by atoms with E-state index in [4.69, 9.17) is 4.74 Å². The number of hydrogen-bond donors (Lipinski definition) is 1. The Labute approximate surface area is 199 Å². The Bertz CT molecular complexity index is 919. The lowest BCUT2D eigenvalue weighted by Gasteiger charge is -2.36. The molecule has 0 bridgehead atoms. The molecule has 4 nitrogen and oxygen atoms in total. The number of ether oxygens (including phenoxy) is 1. The van der Waals surface area contributed by atoms with Crippen LogP contribution in [0, 0.1) is 0 Å². The van der Waals surface area contributed by atoms with Gasteiger partial charge >= 0.3 is 0 Å². The number of nitrogens with one attached hydrogen (secondary N) is 1. The number of likely N-dealkylation sites (tertiary alicyclic amines) is 1. The number of allylic oxidation sites excluding steroid dienone is 1. The quantitative estimate of drug-likeness (QED) is 0.345. The van der Waals surface area contributed by atoms with Gasteiger partial charge in [-0.05, 0) is 50.0 Å². The summed E-state index contributed by atoms with van der Waals surface area (Å²) in [6.45, 7) is 4.74.